The Morgan fingerprint density at radius 2 is 2.12 bits per heavy atom. The van der Waals surface area contributed by atoms with Gasteiger partial charge in [0, 0.05) is 17.9 Å². The fourth-order valence-corrected chi connectivity index (χ4v) is 1.93. The summed E-state index contributed by atoms with van der Waals surface area (Å²) in [5.41, 5.74) is 1.18. The van der Waals surface area contributed by atoms with E-state index in [2.05, 4.69) is 10.3 Å². The van der Waals surface area contributed by atoms with Crippen LogP contribution in [0.2, 0.25) is 0 Å². The van der Waals surface area contributed by atoms with Crippen LogP contribution in [0.25, 0.3) is 0 Å². The minimum Gasteiger partial charge on any atom is -0.272 e. The van der Waals surface area contributed by atoms with Crippen molar-refractivity contribution in [1.29, 1.82) is 0 Å². The van der Waals surface area contributed by atoms with Gasteiger partial charge in [0.2, 0.25) is 0 Å². The van der Waals surface area contributed by atoms with Gasteiger partial charge in [0.15, 0.2) is 0 Å². The zero-order valence-corrected chi connectivity index (χ0v) is 10.0. The average Bonchev–Trinajstić information content (AvgIpc) is 2.31. The van der Waals surface area contributed by atoms with Gasteiger partial charge in [-0.3, -0.25) is 20.4 Å². The topological polar surface area (TPSA) is 69.1 Å². The molecule has 1 rings (SSSR count). The van der Waals surface area contributed by atoms with Crippen molar-refractivity contribution in [2.45, 2.75) is 5.75 Å². The average molecular weight is 240 g/mol. The first-order chi connectivity index (χ1) is 7.67. The fraction of sp³-hybridized carbons (Fsp3) is 0.300. The Kier molecular flexibility index (Phi) is 4.78. The van der Waals surface area contributed by atoms with Gasteiger partial charge in [-0.2, -0.15) is 0 Å². The molecular formula is C10H14N3O2S+. The van der Waals surface area contributed by atoms with E-state index in [-0.39, 0.29) is 5.69 Å². The SMILES string of the molecule is CNC(=[NH+]C)SCc1ccc([N+](=O)[O-])cc1. The molecule has 2 N–H and O–H groups in total. The number of thioether (sulfide) groups is 1. The maximum atomic E-state index is 10.4. The number of nitro benzene ring substituents is 1. The summed E-state index contributed by atoms with van der Waals surface area (Å²) < 4.78 is 0. The van der Waals surface area contributed by atoms with Crippen molar-refractivity contribution >= 4 is 22.6 Å². The van der Waals surface area contributed by atoms with Gasteiger partial charge in [-0.05, 0) is 17.3 Å². The van der Waals surface area contributed by atoms with E-state index in [0.29, 0.717) is 0 Å². The van der Waals surface area contributed by atoms with Gasteiger partial charge in [-0.1, -0.05) is 12.1 Å². The van der Waals surface area contributed by atoms with E-state index >= 15 is 0 Å². The van der Waals surface area contributed by atoms with Gasteiger partial charge >= 0.3 is 5.17 Å². The summed E-state index contributed by atoms with van der Waals surface area (Å²) >= 11 is 1.61. The highest BCUT2D eigenvalue weighted by molar-refractivity contribution is 8.12. The molecule has 1 aromatic rings. The van der Waals surface area contributed by atoms with E-state index < -0.39 is 4.92 Å². The quantitative estimate of drug-likeness (QED) is 0.341. The molecule has 0 fully saturated rings. The molecule has 0 unspecified atom stereocenters. The summed E-state index contributed by atoms with van der Waals surface area (Å²) in [5, 5.41) is 14.4. The van der Waals surface area contributed by atoms with E-state index in [0.717, 1.165) is 16.5 Å². The van der Waals surface area contributed by atoms with E-state index in [1.165, 1.54) is 12.1 Å². The fourth-order valence-electron chi connectivity index (χ4n) is 1.14. The lowest BCUT2D eigenvalue weighted by atomic mass is 10.2. The second-order valence-electron chi connectivity index (χ2n) is 3.04. The molecule has 86 valence electrons. The molecule has 0 aliphatic rings. The van der Waals surface area contributed by atoms with Crippen molar-refractivity contribution in [3.63, 3.8) is 0 Å². The smallest absolute Gasteiger partial charge is 0.272 e. The van der Waals surface area contributed by atoms with E-state index in [9.17, 15) is 10.1 Å². The van der Waals surface area contributed by atoms with E-state index in [1.807, 2.05) is 14.1 Å². The number of amidine groups is 1. The van der Waals surface area contributed by atoms with Crippen LogP contribution in [0, 0.1) is 10.1 Å². The molecule has 0 aliphatic heterocycles. The van der Waals surface area contributed by atoms with E-state index in [1.54, 1.807) is 23.9 Å². The van der Waals surface area contributed by atoms with Gasteiger partial charge in [0.25, 0.3) is 5.69 Å². The molecule has 0 bridgehead atoms. The van der Waals surface area contributed by atoms with Crippen molar-refractivity contribution in [3.05, 3.63) is 39.9 Å². The third-order valence-electron chi connectivity index (χ3n) is 1.98. The van der Waals surface area contributed by atoms with Crippen LogP contribution in [0.15, 0.2) is 24.3 Å². The molecule has 0 radical (unpaired) electrons. The highest BCUT2D eigenvalue weighted by Gasteiger charge is 2.06. The number of nitrogens with one attached hydrogen (secondary N) is 2. The number of hydrogen-bond donors (Lipinski definition) is 2. The van der Waals surface area contributed by atoms with Gasteiger partial charge < -0.3 is 0 Å². The molecule has 0 heterocycles. The van der Waals surface area contributed by atoms with Crippen molar-refractivity contribution < 1.29 is 9.92 Å². The standard InChI is InChI=1S/C10H13N3O2S/c1-11-10(12-2)16-7-8-3-5-9(6-4-8)13(14)15/h3-6H,7H2,1-2H3,(H,11,12)/p+1. The predicted octanol–water partition coefficient (Wildman–Crippen LogP) is 0.114. The summed E-state index contributed by atoms with van der Waals surface area (Å²) in [7, 11) is 3.68. The van der Waals surface area contributed by atoms with Gasteiger partial charge in [0.05, 0.1) is 19.0 Å². The molecule has 6 heteroatoms. The van der Waals surface area contributed by atoms with Crippen molar-refractivity contribution in [2.24, 2.45) is 0 Å². The molecule has 16 heavy (non-hydrogen) atoms. The lowest BCUT2D eigenvalue weighted by molar-refractivity contribution is -0.418. The zero-order valence-electron chi connectivity index (χ0n) is 9.19. The predicted molar refractivity (Wildman–Crippen MR) is 65.3 cm³/mol. The summed E-state index contributed by atoms with van der Waals surface area (Å²) in [6, 6.07) is 6.59. The molecule has 0 spiro atoms. The van der Waals surface area contributed by atoms with Crippen LogP contribution in [0.3, 0.4) is 0 Å². The Balaban J connectivity index is 2.59. The first-order valence-corrected chi connectivity index (χ1v) is 5.74. The monoisotopic (exact) mass is 240 g/mol. The highest BCUT2D eigenvalue weighted by Crippen LogP contribution is 2.16. The summed E-state index contributed by atoms with van der Waals surface area (Å²) in [4.78, 5) is 13.1. The Morgan fingerprint density at radius 3 is 2.56 bits per heavy atom. The number of benzene rings is 1. The van der Waals surface area contributed by atoms with Gasteiger partial charge in [0.1, 0.15) is 0 Å². The lowest BCUT2D eigenvalue weighted by Crippen LogP contribution is -2.70. The Morgan fingerprint density at radius 1 is 1.50 bits per heavy atom. The van der Waals surface area contributed by atoms with Crippen LogP contribution in [0.1, 0.15) is 5.56 Å². The molecular weight excluding hydrogens is 226 g/mol. The Labute approximate surface area is 98.1 Å². The maximum absolute atomic E-state index is 10.4. The Hall–Kier alpha value is -1.56. The number of hydrogen-bond acceptors (Lipinski definition) is 3. The molecule has 0 saturated heterocycles. The lowest BCUT2D eigenvalue weighted by Gasteiger charge is -1.99. The minimum absolute atomic E-state index is 0.125. The molecule has 5 nitrogen and oxygen atoms in total. The van der Waals surface area contributed by atoms with Crippen LogP contribution in [-0.2, 0) is 5.75 Å². The van der Waals surface area contributed by atoms with Crippen LogP contribution >= 0.6 is 11.8 Å². The normalized spacial score (nSPS) is 11.2. The molecule has 0 amide bonds. The van der Waals surface area contributed by atoms with Crippen LogP contribution < -0.4 is 10.3 Å². The molecule has 0 atom stereocenters. The largest absolute Gasteiger partial charge is 0.303 e. The first-order valence-electron chi connectivity index (χ1n) is 4.76. The number of nitro groups is 1. The summed E-state index contributed by atoms with van der Waals surface area (Å²) in [6.45, 7) is 0. The van der Waals surface area contributed by atoms with Crippen molar-refractivity contribution in [2.75, 3.05) is 14.1 Å². The third kappa shape index (κ3) is 3.54. The number of nitrogens with zero attached hydrogens (tertiary/aromatic N) is 1. The molecule has 1 aromatic carbocycles. The minimum atomic E-state index is -0.393. The second-order valence-corrected chi connectivity index (χ2v) is 4.03. The molecule has 0 aromatic heterocycles. The highest BCUT2D eigenvalue weighted by atomic mass is 32.2. The third-order valence-corrected chi connectivity index (χ3v) is 3.16. The summed E-state index contributed by atoms with van der Waals surface area (Å²) in [5.74, 6) is 0.773. The summed E-state index contributed by atoms with van der Waals surface area (Å²) in [6.07, 6.45) is 0. The van der Waals surface area contributed by atoms with Crippen LogP contribution in [0.5, 0.6) is 0 Å². The zero-order chi connectivity index (χ0) is 12.0. The van der Waals surface area contributed by atoms with Crippen molar-refractivity contribution in [1.82, 2.24) is 5.32 Å². The van der Waals surface area contributed by atoms with Crippen LogP contribution in [0.4, 0.5) is 5.69 Å². The van der Waals surface area contributed by atoms with E-state index in [4.69, 9.17) is 0 Å². The molecule has 0 saturated carbocycles. The van der Waals surface area contributed by atoms with Crippen LogP contribution in [-0.4, -0.2) is 24.2 Å². The first kappa shape index (κ1) is 12.5. The number of rotatable bonds is 3. The number of non-ortho nitro benzene ring substituents is 1. The molecule has 0 aliphatic carbocycles. The van der Waals surface area contributed by atoms with Gasteiger partial charge in [-0.25, -0.2) is 0 Å². The maximum Gasteiger partial charge on any atom is 0.303 e. The Bertz CT molecular complexity index is 390. The van der Waals surface area contributed by atoms with Crippen molar-refractivity contribution in [3.8, 4) is 0 Å². The second kappa shape index (κ2) is 6.12. The van der Waals surface area contributed by atoms with Gasteiger partial charge in [-0.15, -0.1) is 0 Å².